The number of pyridine rings is 1. The van der Waals surface area contributed by atoms with Crippen LogP contribution in [0.4, 0.5) is 5.69 Å². The highest BCUT2D eigenvalue weighted by atomic mass is 16.2. The van der Waals surface area contributed by atoms with Gasteiger partial charge in [0.1, 0.15) is 0 Å². The van der Waals surface area contributed by atoms with E-state index >= 15 is 0 Å². The fourth-order valence-corrected chi connectivity index (χ4v) is 3.67. The molecule has 0 fully saturated rings. The Morgan fingerprint density at radius 2 is 1.52 bits per heavy atom. The molecule has 0 saturated carbocycles. The second-order valence-electron chi connectivity index (χ2n) is 8.24. The number of aryl methyl sites for hydroxylation is 4. The molecule has 0 radical (unpaired) electrons. The van der Waals surface area contributed by atoms with E-state index in [9.17, 15) is 9.59 Å². The zero-order chi connectivity index (χ0) is 22.1. The molecule has 156 valence electrons. The highest BCUT2D eigenvalue weighted by molar-refractivity contribution is 6.06. The summed E-state index contributed by atoms with van der Waals surface area (Å²) < 4.78 is 0. The lowest BCUT2D eigenvalue weighted by molar-refractivity contribution is 0.0985. The van der Waals surface area contributed by atoms with Crippen LogP contribution in [-0.2, 0) is 6.54 Å². The Morgan fingerprint density at radius 1 is 0.806 bits per heavy atom. The van der Waals surface area contributed by atoms with E-state index in [1.165, 1.54) is 0 Å². The fraction of sp³-hybridized carbons (Fsp3) is 0.185. The van der Waals surface area contributed by atoms with Gasteiger partial charge in [-0.05, 0) is 86.2 Å². The van der Waals surface area contributed by atoms with Crippen LogP contribution in [0.1, 0.15) is 38.2 Å². The summed E-state index contributed by atoms with van der Waals surface area (Å²) in [5, 5.41) is 0.947. The third-order valence-electron chi connectivity index (χ3n) is 5.75. The normalized spacial score (nSPS) is 11.0. The molecule has 0 unspecified atom stereocenters. The van der Waals surface area contributed by atoms with Crippen molar-refractivity contribution < 1.29 is 4.79 Å². The highest BCUT2D eigenvalue weighted by Crippen LogP contribution is 2.24. The van der Waals surface area contributed by atoms with E-state index in [1.54, 1.807) is 4.90 Å². The number of nitrogens with one attached hydrogen (secondary N) is 1. The Kier molecular flexibility index (Phi) is 5.47. The maximum absolute atomic E-state index is 13.5. The number of carbonyl (C=O) groups is 1. The molecular formula is C27H26N2O2. The molecule has 0 aliphatic rings. The molecule has 1 heterocycles. The average molecular weight is 411 g/mol. The lowest BCUT2D eigenvalue weighted by Gasteiger charge is -2.24. The summed E-state index contributed by atoms with van der Waals surface area (Å²) in [5.74, 6) is -0.133. The molecule has 1 amide bonds. The van der Waals surface area contributed by atoms with E-state index in [2.05, 4.69) is 4.98 Å². The summed E-state index contributed by atoms with van der Waals surface area (Å²) in [6.45, 7) is 8.24. The van der Waals surface area contributed by atoms with Crippen LogP contribution < -0.4 is 10.5 Å². The highest BCUT2D eigenvalue weighted by Gasteiger charge is 2.20. The zero-order valence-electron chi connectivity index (χ0n) is 18.3. The Morgan fingerprint density at radius 3 is 2.23 bits per heavy atom. The summed E-state index contributed by atoms with van der Waals surface area (Å²) in [6, 6.07) is 21.3. The van der Waals surface area contributed by atoms with E-state index in [0.717, 1.165) is 38.8 Å². The number of aromatic amines is 1. The molecule has 4 aromatic rings. The first-order valence-electron chi connectivity index (χ1n) is 10.4. The Labute approximate surface area is 182 Å². The quantitative estimate of drug-likeness (QED) is 0.475. The summed E-state index contributed by atoms with van der Waals surface area (Å²) in [4.78, 5) is 31.0. The molecule has 4 nitrogen and oxygen atoms in total. The van der Waals surface area contributed by atoms with Gasteiger partial charge < -0.3 is 9.88 Å². The van der Waals surface area contributed by atoms with Crippen molar-refractivity contribution in [2.24, 2.45) is 0 Å². The molecule has 31 heavy (non-hydrogen) atoms. The van der Waals surface area contributed by atoms with Gasteiger partial charge in [0.2, 0.25) is 0 Å². The molecule has 0 aliphatic carbocycles. The number of anilines is 1. The van der Waals surface area contributed by atoms with Crippen LogP contribution in [0.25, 0.3) is 10.9 Å². The van der Waals surface area contributed by atoms with Crippen molar-refractivity contribution in [3.05, 3.63) is 110 Å². The Bertz CT molecular complexity index is 1330. The summed E-state index contributed by atoms with van der Waals surface area (Å²) in [6.07, 6.45) is 0. The first-order chi connectivity index (χ1) is 14.8. The minimum absolute atomic E-state index is 0.133. The molecule has 3 aromatic carbocycles. The van der Waals surface area contributed by atoms with Crippen LogP contribution in [0.2, 0.25) is 0 Å². The fourth-order valence-electron chi connectivity index (χ4n) is 3.67. The third-order valence-corrected chi connectivity index (χ3v) is 5.75. The molecule has 4 rings (SSSR count). The predicted molar refractivity (Wildman–Crippen MR) is 127 cm³/mol. The molecule has 1 aromatic heterocycles. The van der Waals surface area contributed by atoms with Crippen molar-refractivity contribution in [1.29, 1.82) is 0 Å². The molecule has 0 saturated heterocycles. The van der Waals surface area contributed by atoms with Crippen molar-refractivity contribution in [2.45, 2.75) is 34.2 Å². The average Bonchev–Trinajstić information content (AvgIpc) is 2.74. The number of aromatic nitrogens is 1. The second kappa shape index (κ2) is 8.23. The van der Waals surface area contributed by atoms with Gasteiger partial charge in [0.05, 0.1) is 6.54 Å². The summed E-state index contributed by atoms with van der Waals surface area (Å²) in [7, 11) is 0. The first-order valence-corrected chi connectivity index (χ1v) is 10.4. The molecule has 0 aliphatic heterocycles. The van der Waals surface area contributed by atoms with Gasteiger partial charge in [0.15, 0.2) is 0 Å². The van der Waals surface area contributed by atoms with Crippen molar-refractivity contribution in [3.8, 4) is 0 Å². The second-order valence-corrected chi connectivity index (χ2v) is 8.24. The number of nitrogens with zero attached hydrogens (tertiary/aromatic N) is 1. The lowest BCUT2D eigenvalue weighted by Crippen LogP contribution is -2.33. The number of carbonyl (C=O) groups excluding carboxylic acids is 1. The summed E-state index contributed by atoms with van der Waals surface area (Å²) >= 11 is 0. The Hall–Kier alpha value is -3.66. The third kappa shape index (κ3) is 4.29. The lowest BCUT2D eigenvalue weighted by atomic mass is 10.1. The predicted octanol–water partition coefficient (Wildman–Crippen LogP) is 5.61. The number of benzene rings is 3. The van der Waals surface area contributed by atoms with Crippen LogP contribution >= 0.6 is 0 Å². The van der Waals surface area contributed by atoms with Gasteiger partial charge in [-0.3, -0.25) is 9.59 Å². The maximum Gasteiger partial charge on any atom is 0.258 e. The molecule has 0 spiro atoms. The Balaban J connectivity index is 1.79. The van der Waals surface area contributed by atoms with E-state index in [-0.39, 0.29) is 18.0 Å². The molecule has 0 bridgehead atoms. The minimum Gasteiger partial charge on any atom is -0.322 e. The van der Waals surface area contributed by atoms with Gasteiger partial charge in [0, 0.05) is 22.3 Å². The zero-order valence-corrected chi connectivity index (χ0v) is 18.3. The van der Waals surface area contributed by atoms with Crippen LogP contribution in [0.5, 0.6) is 0 Å². The van der Waals surface area contributed by atoms with Crippen LogP contribution in [0.15, 0.2) is 71.5 Å². The van der Waals surface area contributed by atoms with Gasteiger partial charge in [-0.15, -0.1) is 0 Å². The van der Waals surface area contributed by atoms with Gasteiger partial charge >= 0.3 is 0 Å². The molecular weight excluding hydrogens is 384 g/mol. The monoisotopic (exact) mass is 410 g/mol. The standard InChI is InChI=1S/C27H26N2O2/c1-17-5-9-21(10-6-17)27(31)29(24-12-8-19(3)20(4)14-24)16-23-15-22-11-7-18(2)13-25(22)28-26(23)30/h5-15H,16H2,1-4H3,(H,28,30). The van der Waals surface area contributed by atoms with Gasteiger partial charge in [-0.25, -0.2) is 0 Å². The van der Waals surface area contributed by atoms with Crippen molar-refractivity contribution in [3.63, 3.8) is 0 Å². The van der Waals surface area contributed by atoms with E-state index in [0.29, 0.717) is 11.1 Å². The number of hydrogen-bond acceptors (Lipinski definition) is 2. The van der Waals surface area contributed by atoms with E-state index in [1.807, 2.05) is 94.4 Å². The van der Waals surface area contributed by atoms with Crippen LogP contribution in [0, 0.1) is 27.7 Å². The van der Waals surface area contributed by atoms with Crippen LogP contribution in [0.3, 0.4) is 0 Å². The molecule has 4 heteroatoms. The number of rotatable bonds is 4. The maximum atomic E-state index is 13.5. The van der Waals surface area contributed by atoms with Crippen molar-refractivity contribution in [1.82, 2.24) is 4.98 Å². The van der Waals surface area contributed by atoms with Crippen molar-refractivity contribution >= 4 is 22.5 Å². The first kappa shape index (κ1) is 20.6. The molecule has 0 atom stereocenters. The van der Waals surface area contributed by atoms with Gasteiger partial charge in [-0.1, -0.05) is 35.9 Å². The topological polar surface area (TPSA) is 53.2 Å². The smallest absolute Gasteiger partial charge is 0.258 e. The van der Waals surface area contributed by atoms with E-state index < -0.39 is 0 Å². The number of amides is 1. The SMILES string of the molecule is Cc1ccc(C(=O)N(Cc2cc3ccc(C)cc3[nH]c2=O)c2ccc(C)c(C)c2)cc1. The van der Waals surface area contributed by atoms with Crippen molar-refractivity contribution in [2.75, 3.05) is 4.90 Å². The van der Waals surface area contributed by atoms with Gasteiger partial charge in [-0.2, -0.15) is 0 Å². The number of fused-ring (bicyclic) bond motifs is 1. The van der Waals surface area contributed by atoms with Crippen LogP contribution in [-0.4, -0.2) is 10.9 Å². The summed E-state index contributed by atoms with van der Waals surface area (Å²) in [5.41, 5.74) is 6.98. The van der Waals surface area contributed by atoms with E-state index in [4.69, 9.17) is 0 Å². The molecule has 1 N–H and O–H groups in total. The minimum atomic E-state index is -0.177. The van der Waals surface area contributed by atoms with Gasteiger partial charge in [0.25, 0.3) is 11.5 Å². The number of hydrogen-bond donors (Lipinski definition) is 1. The largest absolute Gasteiger partial charge is 0.322 e. The number of H-pyrrole nitrogens is 1.